The van der Waals surface area contributed by atoms with Gasteiger partial charge in [0, 0.05) is 36.0 Å². The van der Waals surface area contributed by atoms with Gasteiger partial charge in [-0.3, -0.25) is 0 Å². The maximum absolute atomic E-state index is 14.5. The van der Waals surface area contributed by atoms with Crippen molar-refractivity contribution in [2.45, 2.75) is 77.8 Å². The third-order valence-electron chi connectivity index (χ3n) is 8.49. The Morgan fingerprint density at radius 3 is 2.48 bits per heavy atom. The second-order valence-electron chi connectivity index (χ2n) is 13.5. The number of ether oxygens (including phenoxy) is 3. The van der Waals surface area contributed by atoms with Gasteiger partial charge in [0.1, 0.15) is 23.5 Å². The molecule has 5 rings (SSSR count). The predicted octanol–water partition coefficient (Wildman–Crippen LogP) is 7.97. The fourth-order valence-corrected chi connectivity index (χ4v) is 5.97. The van der Waals surface area contributed by atoms with E-state index in [0.717, 1.165) is 24.0 Å². The smallest absolute Gasteiger partial charge is 0.337 e. The van der Waals surface area contributed by atoms with E-state index in [1.807, 2.05) is 65.0 Å². The van der Waals surface area contributed by atoms with Crippen LogP contribution in [0, 0.1) is 12.7 Å². The first kappa shape index (κ1) is 34.8. The van der Waals surface area contributed by atoms with E-state index in [1.54, 1.807) is 22.7 Å². The van der Waals surface area contributed by atoms with Crippen molar-refractivity contribution in [1.29, 1.82) is 0 Å². The molecule has 1 saturated heterocycles. The lowest BCUT2D eigenvalue weighted by molar-refractivity contribution is -0.160. The van der Waals surface area contributed by atoms with Gasteiger partial charge in [0.05, 0.1) is 29.1 Å². The number of benzene rings is 2. The summed E-state index contributed by atoms with van der Waals surface area (Å²) in [4.78, 5) is 19.8. The summed E-state index contributed by atoms with van der Waals surface area (Å²) in [6.45, 7) is 20.5. The molecule has 1 N–H and O–H groups in total. The molecule has 4 aromatic rings. The van der Waals surface area contributed by atoms with Gasteiger partial charge in [0.25, 0.3) is 0 Å². The highest BCUT2D eigenvalue weighted by molar-refractivity contribution is 5.80. The summed E-state index contributed by atoms with van der Waals surface area (Å²) < 4.78 is 34.5. The lowest BCUT2D eigenvalue weighted by Gasteiger charge is -2.41. The summed E-state index contributed by atoms with van der Waals surface area (Å²) in [5.41, 5.74) is 3.26. The number of carboxylic acids is 1. The SMILES string of the molecule is C=CCOC1(C)CCN(c2c(C(OC(C)(C)C)C(=O)O)c(C)nc3cc(-c4cccc(-c5cc(F)ccc5O[C@@H](C)C=C)c4)nn23)CC1. The molecule has 2 aromatic carbocycles. The topological polar surface area (TPSA) is 98.4 Å². The van der Waals surface area contributed by atoms with Gasteiger partial charge < -0.3 is 24.2 Å². The number of aromatic nitrogens is 3. The number of halogens is 1. The molecular weight excluding hydrogens is 611 g/mol. The van der Waals surface area contributed by atoms with Gasteiger partial charge in [-0.05, 0) is 84.2 Å². The number of anilines is 1. The molecule has 1 aliphatic heterocycles. The predicted molar refractivity (Wildman–Crippen MR) is 186 cm³/mol. The number of hydrogen-bond acceptors (Lipinski definition) is 7. The molecule has 0 aliphatic carbocycles. The first-order chi connectivity index (χ1) is 22.7. The number of carbonyl (C=O) groups is 1. The van der Waals surface area contributed by atoms with Crippen LogP contribution >= 0.6 is 0 Å². The van der Waals surface area contributed by atoms with Gasteiger partial charge in [0.15, 0.2) is 11.8 Å². The average molecular weight is 657 g/mol. The molecule has 2 aromatic heterocycles. The van der Waals surface area contributed by atoms with Crippen LogP contribution in [0.2, 0.25) is 0 Å². The van der Waals surface area contributed by atoms with Crippen LogP contribution in [0.3, 0.4) is 0 Å². The normalized spacial score (nSPS) is 16.0. The molecule has 1 fully saturated rings. The Balaban J connectivity index is 1.64. The first-order valence-electron chi connectivity index (χ1n) is 16.2. The zero-order valence-corrected chi connectivity index (χ0v) is 28.6. The minimum Gasteiger partial charge on any atom is -0.486 e. The summed E-state index contributed by atoms with van der Waals surface area (Å²) in [6.07, 6.45) is 3.33. The zero-order chi connectivity index (χ0) is 34.8. The molecule has 254 valence electrons. The van der Waals surface area contributed by atoms with E-state index in [4.69, 9.17) is 24.3 Å². The first-order valence-corrected chi connectivity index (χ1v) is 16.2. The van der Waals surface area contributed by atoms with E-state index < -0.39 is 17.7 Å². The number of hydrogen-bond donors (Lipinski definition) is 1. The van der Waals surface area contributed by atoms with Crippen LogP contribution in [0.1, 0.15) is 64.8 Å². The summed E-state index contributed by atoms with van der Waals surface area (Å²) in [5, 5.41) is 15.5. The number of piperidine rings is 1. The Bertz CT molecular complexity index is 1820. The molecule has 0 amide bonds. The lowest BCUT2D eigenvalue weighted by Crippen LogP contribution is -2.45. The van der Waals surface area contributed by atoms with Crippen LogP contribution in [0.25, 0.3) is 28.0 Å². The van der Waals surface area contributed by atoms with E-state index in [2.05, 4.69) is 25.0 Å². The quantitative estimate of drug-likeness (QED) is 0.153. The third kappa shape index (κ3) is 7.61. The molecule has 3 heterocycles. The zero-order valence-electron chi connectivity index (χ0n) is 28.6. The summed E-state index contributed by atoms with van der Waals surface area (Å²) in [6, 6.07) is 14.0. The fourth-order valence-electron chi connectivity index (χ4n) is 5.97. The van der Waals surface area contributed by atoms with E-state index in [0.29, 0.717) is 59.4 Å². The Hall–Kier alpha value is -4.54. The molecule has 0 radical (unpaired) electrons. The monoisotopic (exact) mass is 656 g/mol. The number of aliphatic carboxylic acids is 1. The summed E-state index contributed by atoms with van der Waals surface area (Å²) in [7, 11) is 0. The molecule has 1 aliphatic rings. The summed E-state index contributed by atoms with van der Waals surface area (Å²) in [5.74, 6) is -0.323. The van der Waals surface area contributed by atoms with Crippen LogP contribution in [-0.4, -0.2) is 62.7 Å². The van der Waals surface area contributed by atoms with Crippen molar-refractivity contribution in [2.24, 2.45) is 0 Å². The number of fused-ring (bicyclic) bond motifs is 1. The minimum atomic E-state index is -1.28. The largest absolute Gasteiger partial charge is 0.486 e. The maximum atomic E-state index is 14.5. The third-order valence-corrected chi connectivity index (χ3v) is 8.49. The molecule has 0 bridgehead atoms. The highest BCUT2D eigenvalue weighted by Gasteiger charge is 2.37. The second-order valence-corrected chi connectivity index (χ2v) is 13.5. The van der Waals surface area contributed by atoms with Crippen molar-refractivity contribution < 1.29 is 28.5 Å². The fraction of sp³-hybridized carbons (Fsp3) is 0.395. The molecule has 48 heavy (non-hydrogen) atoms. The minimum absolute atomic E-state index is 0.268. The van der Waals surface area contributed by atoms with Crippen LogP contribution in [0.15, 0.2) is 73.8 Å². The van der Waals surface area contributed by atoms with Gasteiger partial charge in [-0.2, -0.15) is 9.61 Å². The lowest BCUT2D eigenvalue weighted by atomic mass is 9.92. The molecule has 1 unspecified atom stereocenters. The van der Waals surface area contributed by atoms with Crippen LogP contribution in [0.5, 0.6) is 5.75 Å². The summed E-state index contributed by atoms with van der Waals surface area (Å²) >= 11 is 0. The maximum Gasteiger partial charge on any atom is 0.337 e. The van der Waals surface area contributed by atoms with E-state index >= 15 is 0 Å². The second kappa shape index (κ2) is 13.9. The highest BCUT2D eigenvalue weighted by Crippen LogP contribution is 2.39. The van der Waals surface area contributed by atoms with Gasteiger partial charge >= 0.3 is 5.97 Å². The standard InChI is InChI=1S/C38H45FN4O5/c1-9-20-46-38(8)16-18-42(19-17-38)35-33(34(36(44)45)48-37(5,6)7)25(4)40-32-23-30(41-43(32)35)27-13-11-12-26(21-27)29-22-28(39)14-15-31(29)47-24(3)10-2/h9-15,21-24,34H,1-2,16-20H2,3-8H3,(H,44,45)/t24-,34?/m0/s1. The Kier molecular flexibility index (Phi) is 10.1. The molecule has 2 atom stereocenters. The number of aryl methyl sites for hydroxylation is 1. The molecule has 0 spiro atoms. The number of nitrogens with zero attached hydrogens (tertiary/aromatic N) is 4. The molecule has 10 heteroatoms. The van der Waals surface area contributed by atoms with E-state index in [1.165, 1.54) is 12.1 Å². The average Bonchev–Trinajstić information content (AvgIpc) is 3.46. The van der Waals surface area contributed by atoms with Crippen molar-refractivity contribution >= 4 is 17.4 Å². The highest BCUT2D eigenvalue weighted by atomic mass is 19.1. The van der Waals surface area contributed by atoms with E-state index in [9.17, 15) is 14.3 Å². The van der Waals surface area contributed by atoms with Gasteiger partial charge in [-0.25, -0.2) is 14.2 Å². The Morgan fingerprint density at radius 1 is 1.12 bits per heavy atom. The van der Waals surface area contributed by atoms with Crippen LogP contribution in [0.4, 0.5) is 10.2 Å². The van der Waals surface area contributed by atoms with Crippen molar-refractivity contribution in [3.05, 3.63) is 90.9 Å². The number of carboxylic acid groups (broad SMARTS) is 1. The van der Waals surface area contributed by atoms with Crippen molar-refractivity contribution in [1.82, 2.24) is 14.6 Å². The van der Waals surface area contributed by atoms with E-state index in [-0.39, 0.29) is 17.5 Å². The Labute approximate surface area is 281 Å². The van der Waals surface area contributed by atoms with Crippen molar-refractivity contribution in [3.8, 4) is 28.1 Å². The number of rotatable bonds is 12. The van der Waals surface area contributed by atoms with Crippen LogP contribution in [-0.2, 0) is 14.3 Å². The van der Waals surface area contributed by atoms with Crippen molar-refractivity contribution in [2.75, 3.05) is 24.6 Å². The molecular formula is C38H45FN4O5. The van der Waals surface area contributed by atoms with Crippen LogP contribution < -0.4 is 9.64 Å². The molecule has 0 saturated carbocycles. The van der Waals surface area contributed by atoms with Gasteiger partial charge in [-0.1, -0.05) is 36.9 Å². The van der Waals surface area contributed by atoms with Gasteiger partial charge in [0.2, 0.25) is 0 Å². The molecule has 9 nitrogen and oxygen atoms in total. The Morgan fingerprint density at radius 2 is 1.83 bits per heavy atom. The van der Waals surface area contributed by atoms with Crippen molar-refractivity contribution in [3.63, 3.8) is 0 Å². The van der Waals surface area contributed by atoms with Gasteiger partial charge in [-0.15, -0.1) is 6.58 Å².